The van der Waals surface area contributed by atoms with Crippen LogP contribution in [-0.4, -0.2) is 11.9 Å². The SMILES string of the molecule is CCCCCCCC(=O)Oc1c2ccccc2c(-c2c3ccccc3c(OC(=O)CCCCCCC)c3ccc(CCCCCC)cc23)c2cc(CCCCCC)ccc12. The Morgan fingerprint density at radius 2 is 0.700 bits per heavy atom. The van der Waals surface area contributed by atoms with E-state index >= 15 is 0 Å². The Hall–Kier alpha value is -4.70. The number of benzene rings is 6. The van der Waals surface area contributed by atoms with Gasteiger partial charge in [-0.15, -0.1) is 0 Å². The van der Waals surface area contributed by atoms with Gasteiger partial charge in [0.2, 0.25) is 0 Å². The first-order valence-corrected chi connectivity index (χ1v) is 23.8. The third kappa shape index (κ3) is 11.4. The second-order valence-corrected chi connectivity index (χ2v) is 17.2. The highest BCUT2D eigenvalue weighted by molar-refractivity contribution is 6.27. The Balaban J connectivity index is 1.58. The van der Waals surface area contributed by atoms with Crippen molar-refractivity contribution in [2.45, 2.75) is 169 Å². The second-order valence-electron chi connectivity index (χ2n) is 17.2. The molecule has 6 aromatic carbocycles. The van der Waals surface area contributed by atoms with E-state index in [1.54, 1.807) is 0 Å². The second kappa shape index (κ2) is 23.3. The first-order valence-electron chi connectivity index (χ1n) is 23.8. The largest absolute Gasteiger partial charge is 0.425 e. The third-order valence-corrected chi connectivity index (χ3v) is 12.4. The summed E-state index contributed by atoms with van der Waals surface area (Å²) in [5.41, 5.74) is 4.85. The number of unbranched alkanes of at least 4 members (excludes halogenated alkanes) is 14. The van der Waals surface area contributed by atoms with Crippen LogP contribution in [0, 0.1) is 0 Å². The standard InChI is InChI=1S/C56H70O4/c1-5-9-13-17-21-33-51(57)59-55-45-31-25-23-29-43(45)53(49-39-41(35-37-47(49)55)27-19-15-11-7-3)54-44-30-24-26-32-46(44)56(60-52(58)34-22-18-14-10-6-2)48-38-36-42(40-50(48)54)28-20-16-12-8-4/h23-26,29-32,35-40H,5-22,27-28,33-34H2,1-4H3. The fourth-order valence-corrected chi connectivity index (χ4v) is 9.03. The molecule has 0 saturated heterocycles. The van der Waals surface area contributed by atoms with Gasteiger partial charge in [0.25, 0.3) is 0 Å². The van der Waals surface area contributed by atoms with Gasteiger partial charge in [-0.3, -0.25) is 9.59 Å². The molecular formula is C56H70O4. The number of hydrogen-bond acceptors (Lipinski definition) is 4. The minimum absolute atomic E-state index is 0.172. The number of aryl methyl sites for hydroxylation is 2. The lowest BCUT2D eigenvalue weighted by Gasteiger charge is -2.22. The molecule has 0 unspecified atom stereocenters. The van der Waals surface area contributed by atoms with Crippen molar-refractivity contribution in [3.05, 3.63) is 96.1 Å². The van der Waals surface area contributed by atoms with E-state index in [9.17, 15) is 9.59 Å². The number of fused-ring (bicyclic) bond motifs is 4. The summed E-state index contributed by atoms with van der Waals surface area (Å²) >= 11 is 0. The van der Waals surface area contributed by atoms with Crippen molar-refractivity contribution in [3.8, 4) is 22.6 Å². The molecule has 0 N–H and O–H groups in total. The van der Waals surface area contributed by atoms with E-state index in [1.807, 2.05) is 0 Å². The predicted octanol–water partition coefficient (Wildman–Crippen LogP) is 16.7. The van der Waals surface area contributed by atoms with Crippen molar-refractivity contribution in [2.75, 3.05) is 0 Å². The molecule has 0 fully saturated rings. The Morgan fingerprint density at radius 3 is 1.08 bits per heavy atom. The van der Waals surface area contributed by atoms with Crippen molar-refractivity contribution in [1.29, 1.82) is 0 Å². The highest BCUT2D eigenvalue weighted by atomic mass is 16.5. The number of rotatable bonds is 25. The molecule has 60 heavy (non-hydrogen) atoms. The summed E-state index contributed by atoms with van der Waals surface area (Å²) < 4.78 is 12.9. The fraction of sp³-hybridized carbons (Fsp3) is 0.464. The third-order valence-electron chi connectivity index (χ3n) is 12.4. The zero-order valence-electron chi connectivity index (χ0n) is 37.3. The topological polar surface area (TPSA) is 52.6 Å². The van der Waals surface area contributed by atoms with Crippen molar-refractivity contribution in [1.82, 2.24) is 0 Å². The summed E-state index contributed by atoms with van der Waals surface area (Å²) in [6, 6.07) is 30.5. The summed E-state index contributed by atoms with van der Waals surface area (Å²) in [5, 5.41) is 8.04. The number of hydrogen-bond donors (Lipinski definition) is 0. The Labute approximate surface area is 360 Å². The molecule has 0 aliphatic carbocycles. The summed E-state index contributed by atoms with van der Waals surface area (Å²) in [4.78, 5) is 27.3. The van der Waals surface area contributed by atoms with E-state index < -0.39 is 0 Å². The monoisotopic (exact) mass is 807 g/mol. The highest BCUT2D eigenvalue weighted by Gasteiger charge is 2.25. The van der Waals surface area contributed by atoms with Crippen LogP contribution in [0.5, 0.6) is 11.5 Å². The summed E-state index contributed by atoms with van der Waals surface area (Å²) in [6.45, 7) is 8.94. The van der Waals surface area contributed by atoms with Gasteiger partial charge in [-0.05, 0) is 82.3 Å². The van der Waals surface area contributed by atoms with E-state index in [-0.39, 0.29) is 11.9 Å². The molecule has 0 heterocycles. The molecule has 318 valence electrons. The van der Waals surface area contributed by atoms with Gasteiger partial charge >= 0.3 is 11.9 Å². The number of carbonyl (C=O) groups is 2. The van der Waals surface area contributed by atoms with Crippen LogP contribution in [0.25, 0.3) is 54.2 Å². The smallest absolute Gasteiger partial charge is 0.311 e. The van der Waals surface area contributed by atoms with Gasteiger partial charge in [0, 0.05) is 34.4 Å². The van der Waals surface area contributed by atoms with Crippen molar-refractivity contribution in [3.63, 3.8) is 0 Å². The summed E-state index contributed by atoms with van der Waals surface area (Å²) in [6.07, 6.45) is 23.1. The van der Waals surface area contributed by atoms with Gasteiger partial charge in [0.15, 0.2) is 0 Å². The number of ether oxygens (including phenoxy) is 2. The lowest BCUT2D eigenvalue weighted by molar-refractivity contribution is -0.135. The molecule has 0 bridgehead atoms. The van der Waals surface area contributed by atoms with Crippen molar-refractivity contribution in [2.24, 2.45) is 0 Å². The molecule has 0 saturated carbocycles. The molecule has 0 spiro atoms. The maximum atomic E-state index is 13.6. The molecular weight excluding hydrogens is 737 g/mol. The van der Waals surface area contributed by atoms with E-state index in [1.165, 1.54) is 75.3 Å². The average molecular weight is 807 g/mol. The molecule has 0 aliphatic rings. The van der Waals surface area contributed by atoms with E-state index in [4.69, 9.17) is 9.47 Å². The first kappa shape index (κ1) is 44.8. The van der Waals surface area contributed by atoms with Crippen LogP contribution in [0.3, 0.4) is 0 Å². The number of esters is 2. The Morgan fingerprint density at radius 1 is 0.367 bits per heavy atom. The van der Waals surface area contributed by atoms with Gasteiger partial charge in [0.1, 0.15) is 11.5 Å². The lowest BCUT2D eigenvalue weighted by atomic mass is 9.84. The molecule has 6 aromatic rings. The van der Waals surface area contributed by atoms with Gasteiger partial charge < -0.3 is 9.47 Å². The minimum Gasteiger partial charge on any atom is -0.425 e. The molecule has 0 aliphatic heterocycles. The van der Waals surface area contributed by atoms with Crippen molar-refractivity contribution < 1.29 is 19.1 Å². The van der Waals surface area contributed by atoms with Crippen LogP contribution >= 0.6 is 0 Å². The van der Waals surface area contributed by atoms with Crippen LogP contribution in [0.15, 0.2) is 84.9 Å². The van der Waals surface area contributed by atoms with Crippen LogP contribution in [-0.2, 0) is 22.4 Å². The highest BCUT2D eigenvalue weighted by Crippen LogP contribution is 2.50. The molecule has 0 radical (unpaired) electrons. The molecule has 0 aromatic heterocycles. The van der Waals surface area contributed by atoms with Crippen LogP contribution in [0.1, 0.15) is 167 Å². The molecule has 4 heteroatoms. The molecule has 6 rings (SSSR count). The average Bonchev–Trinajstić information content (AvgIpc) is 3.27. The van der Waals surface area contributed by atoms with Crippen molar-refractivity contribution >= 4 is 55.0 Å². The van der Waals surface area contributed by atoms with Gasteiger partial charge in [-0.2, -0.15) is 0 Å². The minimum atomic E-state index is -0.172. The molecule has 0 atom stereocenters. The van der Waals surface area contributed by atoms with Crippen LogP contribution in [0.4, 0.5) is 0 Å². The Bertz CT molecular complexity index is 2170. The summed E-state index contributed by atoms with van der Waals surface area (Å²) in [7, 11) is 0. The van der Waals surface area contributed by atoms with E-state index in [2.05, 4.69) is 113 Å². The molecule has 4 nitrogen and oxygen atoms in total. The summed E-state index contributed by atoms with van der Waals surface area (Å²) in [5.74, 6) is 0.953. The van der Waals surface area contributed by atoms with Crippen LogP contribution in [0.2, 0.25) is 0 Å². The normalized spacial score (nSPS) is 11.6. The van der Waals surface area contributed by atoms with Gasteiger partial charge in [0.05, 0.1) is 0 Å². The van der Waals surface area contributed by atoms with Gasteiger partial charge in [-0.25, -0.2) is 0 Å². The lowest BCUT2D eigenvalue weighted by Crippen LogP contribution is -2.09. The zero-order chi connectivity index (χ0) is 42.1. The first-order chi connectivity index (χ1) is 29.5. The van der Waals surface area contributed by atoms with E-state index in [0.29, 0.717) is 24.3 Å². The quantitative estimate of drug-likeness (QED) is 0.0250. The fourth-order valence-electron chi connectivity index (χ4n) is 9.03. The molecule has 0 amide bonds. The number of carbonyl (C=O) groups excluding carboxylic acids is 2. The van der Waals surface area contributed by atoms with E-state index in [0.717, 1.165) is 118 Å². The maximum Gasteiger partial charge on any atom is 0.311 e. The van der Waals surface area contributed by atoms with Crippen LogP contribution < -0.4 is 9.47 Å². The zero-order valence-corrected chi connectivity index (χ0v) is 37.3. The van der Waals surface area contributed by atoms with Gasteiger partial charge in [-0.1, -0.05) is 203 Å². The predicted molar refractivity (Wildman–Crippen MR) is 256 cm³/mol. The Kier molecular flexibility index (Phi) is 17.4. The maximum absolute atomic E-state index is 13.6.